The van der Waals surface area contributed by atoms with Crippen LogP contribution in [0.3, 0.4) is 0 Å². The number of rotatable bonds is 3. The van der Waals surface area contributed by atoms with Gasteiger partial charge < -0.3 is 5.32 Å². The second-order valence-electron chi connectivity index (χ2n) is 3.23. The number of terminal acetylenes is 1. The highest BCUT2D eigenvalue weighted by atomic mass is 19.1. The molecular weight excluding hydrogens is 205 g/mol. The smallest absolute Gasteiger partial charge is 0.245 e. The molecule has 1 aromatic rings. The van der Waals surface area contributed by atoms with Crippen molar-refractivity contribution in [3.63, 3.8) is 0 Å². The number of benzene rings is 1. The number of allylic oxidation sites excluding steroid dienone is 1. The Hall–Kier alpha value is -2.08. The Morgan fingerprint density at radius 3 is 2.88 bits per heavy atom. The lowest BCUT2D eigenvalue weighted by Crippen LogP contribution is -2.21. The Bertz CT molecular complexity index is 457. The van der Waals surface area contributed by atoms with Crippen molar-refractivity contribution in [2.45, 2.75) is 6.92 Å². The summed E-state index contributed by atoms with van der Waals surface area (Å²) in [6.45, 7) is 1.84. The van der Waals surface area contributed by atoms with Crippen LogP contribution in [0.1, 0.15) is 12.5 Å². The third kappa shape index (κ3) is 3.25. The quantitative estimate of drug-likeness (QED) is 0.608. The standard InChI is InChI=1S/C13H12FNO/c1-3-8-15-13(16)9-10(2)11-6-4-5-7-12(11)14/h1,4-7,9H,8H2,2H3,(H,15,16). The molecule has 1 rings (SSSR count). The van der Waals surface area contributed by atoms with Crippen LogP contribution in [-0.2, 0) is 4.79 Å². The largest absolute Gasteiger partial charge is 0.342 e. The van der Waals surface area contributed by atoms with Crippen LogP contribution < -0.4 is 5.32 Å². The fourth-order valence-corrected chi connectivity index (χ4v) is 1.24. The van der Waals surface area contributed by atoms with Crippen molar-refractivity contribution in [3.8, 4) is 12.3 Å². The Balaban J connectivity index is 2.82. The van der Waals surface area contributed by atoms with Crippen LogP contribution in [0.2, 0.25) is 0 Å². The number of hydrogen-bond donors (Lipinski definition) is 1. The van der Waals surface area contributed by atoms with Crippen LogP contribution in [-0.4, -0.2) is 12.5 Å². The Labute approximate surface area is 94.2 Å². The van der Waals surface area contributed by atoms with Gasteiger partial charge in [-0.15, -0.1) is 6.42 Å². The van der Waals surface area contributed by atoms with E-state index in [2.05, 4.69) is 11.2 Å². The lowest BCUT2D eigenvalue weighted by Gasteiger charge is -2.03. The van der Waals surface area contributed by atoms with E-state index in [4.69, 9.17) is 6.42 Å². The average Bonchev–Trinajstić information content (AvgIpc) is 2.26. The highest BCUT2D eigenvalue weighted by Crippen LogP contribution is 2.16. The minimum Gasteiger partial charge on any atom is -0.342 e. The molecule has 0 saturated heterocycles. The van der Waals surface area contributed by atoms with E-state index in [9.17, 15) is 9.18 Å². The molecule has 0 bridgehead atoms. The normalized spacial score (nSPS) is 10.7. The zero-order valence-corrected chi connectivity index (χ0v) is 8.96. The van der Waals surface area contributed by atoms with Crippen molar-refractivity contribution in [2.75, 3.05) is 6.54 Å². The topological polar surface area (TPSA) is 29.1 Å². The van der Waals surface area contributed by atoms with Crippen LogP contribution in [0.4, 0.5) is 4.39 Å². The number of hydrogen-bond acceptors (Lipinski definition) is 1. The van der Waals surface area contributed by atoms with Crippen molar-refractivity contribution in [1.82, 2.24) is 5.32 Å². The summed E-state index contributed by atoms with van der Waals surface area (Å²) in [5, 5.41) is 2.48. The third-order valence-corrected chi connectivity index (χ3v) is 2.01. The van der Waals surface area contributed by atoms with Gasteiger partial charge in [-0.05, 0) is 18.6 Å². The molecule has 0 atom stereocenters. The monoisotopic (exact) mass is 217 g/mol. The Morgan fingerprint density at radius 2 is 2.25 bits per heavy atom. The van der Waals surface area contributed by atoms with Crippen molar-refractivity contribution in [1.29, 1.82) is 0 Å². The summed E-state index contributed by atoms with van der Waals surface area (Å²) in [6, 6.07) is 6.29. The zero-order chi connectivity index (χ0) is 12.0. The maximum atomic E-state index is 13.3. The number of halogens is 1. The third-order valence-electron chi connectivity index (χ3n) is 2.01. The minimum absolute atomic E-state index is 0.167. The molecule has 0 saturated carbocycles. The highest BCUT2D eigenvalue weighted by Gasteiger charge is 2.04. The lowest BCUT2D eigenvalue weighted by molar-refractivity contribution is -0.116. The van der Waals surface area contributed by atoms with E-state index in [1.807, 2.05) is 0 Å². The summed E-state index contributed by atoms with van der Waals surface area (Å²) in [5.41, 5.74) is 0.978. The van der Waals surface area contributed by atoms with E-state index in [-0.39, 0.29) is 18.3 Å². The first kappa shape index (κ1) is 12.0. The van der Waals surface area contributed by atoms with E-state index in [0.29, 0.717) is 11.1 Å². The molecule has 0 radical (unpaired) electrons. The fraction of sp³-hybridized carbons (Fsp3) is 0.154. The molecule has 1 amide bonds. The van der Waals surface area contributed by atoms with Gasteiger partial charge in [0.25, 0.3) is 0 Å². The first-order valence-corrected chi connectivity index (χ1v) is 4.79. The van der Waals surface area contributed by atoms with E-state index >= 15 is 0 Å². The molecule has 0 fully saturated rings. The molecule has 2 nitrogen and oxygen atoms in total. The van der Waals surface area contributed by atoms with Crippen molar-refractivity contribution in [2.24, 2.45) is 0 Å². The molecule has 1 aromatic carbocycles. The van der Waals surface area contributed by atoms with Gasteiger partial charge in [-0.3, -0.25) is 4.79 Å². The second kappa shape index (κ2) is 5.72. The maximum Gasteiger partial charge on any atom is 0.245 e. The number of carbonyl (C=O) groups excluding carboxylic acids is 1. The first-order chi connectivity index (χ1) is 7.65. The van der Waals surface area contributed by atoms with Gasteiger partial charge in [-0.1, -0.05) is 24.1 Å². The average molecular weight is 217 g/mol. The molecule has 3 heteroatoms. The zero-order valence-electron chi connectivity index (χ0n) is 8.96. The molecule has 16 heavy (non-hydrogen) atoms. The predicted molar refractivity (Wildman–Crippen MR) is 61.9 cm³/mol. The van der Waals surface area contributed by atoms with E-state index < -0.39 is 0 Å². The van der Waals surface area contributed by atoms with Crippen LogP contribution in [0, 0.1) is 18.2 Å². The van der Waals surface area contributed by atoms with Gasteiger partial charge in [0.15, 0.2) is 0 Å². The summed E-state index contributed by atoms with van der Waals surface area (Å²) in [5.74, 6) is 1.62. The summed E-state index contributed by atoms with van der Waals surface area (Å²) in [6.07, 6.45) is 6.33. The number of amides is 1. The summed E-state index contributed by atoms with van der Waals surface area (Å²) in [4.78, 5) is 11.3. The molecule has 0 aliphatic rings. The SMILES string of the molecule is C#CCNC(=O)C=C(C)c1ccccc1F. The van der Waals surface area contributed by atoms with Gasteiger partial charge in [0.2, 0.25) is 5.91 Å². The van der Waals surface area contributed by atoms with Crippen molar-refractivity contribution in [3.05, 3.63) is 41.7 Å². The van der Waals surface area contributed by atoms with Crippen LogP contribution >= 0.6 is 0 Å². The van der Waals surface area contributed by atoms with Crippen molar-refractivity contribution >= 4 is 11.5 Å². The molecule has 82 valence electrons. The van der Waals surface area contributed by atoms with Gasteiger partial charge in [-0.25, -0.2) is 4.39 Å². The van der Waals surface area contributed by atoms with Gasteiger partial charge in [-0.2, -0.15) is 0 Å². The van der Waals surface area contributed by atoms with Crippen LogP contribution in [0.5, 0.6) is 0 Å². The molecule has 0 heterocycles. The van der Waals surface area contributed by atoms with E-state index in [1.54, 1.807) is 25.1 Å². The van der Waals surface area contributed by atoms with Crippen LogP contribution in [0.25, 0.3) is 5.57 Å². The first-order valence-electron chi connectivity index (χ1n) is 4.79. The van der Waals surface area contributed by atoms with E-state index in [1.165, 1.54) is 12.1 Å². The Morgan fingerprint density at radius 1 is 1.56 bits per heavy atom. The van der Waals surface area contributed by atoms with Gasteiger partial charge in [0.1, 0.15) is 5.82 Å². The molecule has 0 aliphatic carbocycles. The van der Waals surface area contributed by atoms with Crippen LogP contribution in [0.15, 0.2) is 30.3 Å². The Kier molecular flexibility index (Phi) is 4.28. The number of nitrogens with one attached hydrogen (secondary N) is 1. The molecular formula is C13H12FNO. The highest BCUT2D eigenvalue weighted by molar-refractivity contribution is 5.94. The summed E-state index contributed by atoms with van der Waals surface area (Å²) in [7, 11) is 0. The van der Waals surface area contributed by atoms with Gasteiger partial charge >= 0.3 is 0 Å². The summed E-state index contributed by atoms with van der Waals surface area (Å²) < 4.78 is 13.3. The molecule has 0 unspecified atom stereocenters. The van der Waals surface area contributed by atoms with E-state index in [0.717, 1.165) is 0 Å². The molecule has 0 spiro atoms. The lowest BCUT2D eigenvalue weighted by atomic mass is 10.1. The minimum atomic E-state index is -0.346. The maximum absolute atomic E-state index is 13.3. The number of carbonyl (C=O) groups is 1. The summed E-state index contributed by atoms with van der Waals surface area (Å²) >= 11 is 0. The van der Waals surface area contributed by atoms with Crippen molar-refractivity contribution < 1.29 is 9.18 Å². The van der Waals surface area contributed by atoms with Gasteiger partial charge in [0.05, 0.1) is 6.54 Å². The second-order valence-corrected chi connectivity index (χ2v) is 3.23. The molecule has 0 aromatic heterocycles. The molecule has 1 N–H and O–H groups in total. The van der Waals surface area contributed by atoms with Gasteiger partial charge in [0, 0.05) is 11.6 Å². The predicted octanol–water partition coefficient (Wildman–Crippen LogP) is 1.98. The molecule has 0 aliphatic heterocycles. The fourth-order valence-electron chi connectivity index (χ4n) is 1.24.